The molecule has 21 heavy (non-hydrogen) atoms. The van der Waals surface area contributed by atoms with Crippen LogP contribution in [-0.2, 0) is 0 Å². The third-order valence-electron chi connectivity index (χ3n) is 4.20. The van der Waals surface area contributed by atoms with E-state index < -0.39 is 0 Å². The molecule has 1 aliphatic heterocycles. The fourth-order valence-electron chi connectivity index (χ4n) is 2.89. The van der Waals surface area contributed by atoms with Crippen LogP contribution in [0.1, 0.15) is 25.7 Å². The highest BCUT2D eigenvalue weighted by Crippen LogP contribution is 2.20. The minimum atomic E-state index is 0.830. The zero-order valence-corrected chi connectivity index (χ0v) is 13.9. The average molecular weight is 310 g/mol. The Labute approximate surface area is 134 Å². The van der Waals surface area contributed by atoms with Crippen LogP contribution >= 0.6 is 11.6 Å². The van der Waals surface area contributed by atoms with Crippen LogP contribution in [0, 0.1) is 0 Å². The lowest BCUT2D eigenvalue weighted by Crippen LogP contribution is -2.46. The van der Waals surface area contributed by atoms with Gasteiger partial charge in [0.05, 0.1) is 0 Å². The van der Waals surface area contributed by atoms with E-state index in [1.165, 1.54) is 51.0 Å². The van der Waals surface area contributed by atoms with E-state index in [4.69, 9.17) is 11.6 Å². The van der Waals surface area contributed by atoms with Gasteiger partial charge in [0, 0.05) is 36.9 Å². The van der Waals surface area contributed by atoms with E-state index in [1.54, 1.807) is 0 Å². The normalized spacial score (nSPS) is 16.4. The molecule has 1 N–H and O–H groups in total. The van der Waals surface area contributed by atoms with Gasteiger partial charge >= 0.3 is 0 Å². The maximum absolute atomic E-state index is 6.07. The maximum Gasteiger partial charge on any atom is 0.0426 e. The van der Waals surface area contributed by atoms with Crippen LogP contribution in [0.5, 0.6) is 0 Å². The Hall–Kier alpha value is -0.770. The Morgan fingerprint density at radius 3 is 2.52 bits per heavy atom. The van der Waals surface area contributed by atoms with Crippen molar-refractivity contribution in [2.45, 2.75) is 25.7 Å². The van der Waals surface area contributed by atoms with Gasteiger partial charge in [-0.1, -0.05) is 30.5 Å². The van der Waals surface area contributed by atoms with Crippen LogP contribution in [0.25, 0.3) is 0 Å². The van der Waals surface area contributed by atoms with Crippen molar-refractivity contribution in [3.05, 3.63) is 29.3 Å². The summed E-state index contributed by atoms with van der Waals surface area (Å²) >= 11 is 6.07. The van der Waals surface area contributed by atoms with E-state index in [1.807, 2.05) is 19.2 Å². The number of nitrogens with zero attached hydrogens (tertiary/aromatic N) is 2. The predicted molar refractivity (Wildman–Crippen MR) is 92.5 cm³/mol. The molecule has 0 amide bonds. The maximum atomic E-state index is 6.07. The summed E-state index contributed by atoms with van der Waals surface area (Å²) in [4.78, 5) is 5.04. The molecular formula is C17H28ClN3. The fraction of sp³-hybridized carbons (Fsp3) is 0.647. The van der Waals surface area contributed by atoms with Crippen molar-refractivity contribution in [3.8, 4) is 0 Å². The third kappa shape index (κ3) is 5.85. The quantitative estimate of drug-likeness (QED) is 0.744. The Morgan fingerprint density at radius 2 is 1.81 bits per heavy atom. The molecule has 1 aromatic carbocycles. The van der Waals surface area contributed by atoms with Crippen LogP contribution in [-0.4, -0.2) is 51.2 Å². The SMILES string of the molecule is CNCCCCCCN1CCN(c2cccc(Cl)c2)CC1. The van der Waals surface area contributed by atoms with Crippen LogP contribution in [0.2, 0.25) is 5.02 Å². The van der Waals surface area contributed by atoms with E-state index in [0.29, 0.717) is 0 Å². The zero-order chi connectivity index (χ0) is 14.9. The molecule has 0 atom stereocenters. The number of unbranched alkanes of at least 4 members (excludes halogenated alkanes) is 3. The first-order valence-electron chi connectivity index (χ1n) is 8.17. The molecule has 3 nitrogen and oxygen atoms in total. The summed E-state index contributed by atoms with van der Waals surface area (Å²) in [5.74, 6) is 0. The molecule has 0 aliphatic carbocycles. The van der Waals surface area contributed by atoms with Gasteiger partial charge in [-0.2, -0.15) is 0 Å². The molecule has 1 heterocycles. The van der Waals surface area contributed by atoms with Gasteiger partial charge in [-0.3, -0.25) is 4.90 Å². The third-order valence-corrected chi connectivity index (χ3v) is 4.43. The summed E-state index contributed by atoms with van der Waals surface area (Å²) in [6.45, 7) is 6.97. The smallest absolute Gasteiger partial charge is 0.0426 e. The van der Waals surface area contributed by atoms with Crippen molar-refractivity contribution in [1.29, 1.82) is 0 Å². The molecule has 4 heteroatoms. The van der Waals surface area contributed by atoms with Gasteiger partial charge in [0.15, 0.2) is 0 Å². The lowest BCUT2D eigenvalue weighted by atomic mass is 10.1. The first-order valence-corrected chi connectivity index (χ1v) is 8.55. The lowest BCUT2D eigenvalue weighted by molar-refractivity contribution is 0.252. The van der Waals surface area contributed by atoms with Crippen LogP contribution in [0.15, 0.2) is 24.3 Å². The summed E-state index contributed by atoms with van der Waals surface area (Å²) in [6, 6.07) is 8.20. The Bertz CT molecular complexity index is 403. The molecule has 0 saturated carbocycles. The van der Waals surface area contributed by atoms with Gasteiger partial charge in [0.1, 0.15) is 0 Å². The van der Waals surface area contributed by atoms with Crippen molar-refractivity contribution in [1.82, 2.24) is 10.2 Å². The van der Waals surface area contributed by atoms with E-state index in [-0.39, 0.29) is 0 Å². The van der Waals surface area contributed by atoms with E-state index in [0.717, 1.165) is 24.7 Å². The predicted octanol–water partition coefficient (Wildman–Crippen LogP) is 3.24. The molecular weight excluding hydrogens is 282 g/mol. The number of halogens is 1. The standard InChI is InChI=1S/C17H28ClN3/c1-19-9-4-2-3-5-10-20-11-13-21(14-12-20)17-8-6-7-16(18)15-17/h6-8,15,19H,2-5,9-14H2,1H3. The molecule has 0 aromatic heterocycles. The van der Waals surface area contributed by atoms with Crippen molar-refractivity contribution in [2.75, 3.05) is 51.2 Å². The second kappa shape index (κ2) is 9.29. The molecule has 0 spiro atoms. The summed E-state index contributed by atoms with van der Waals surface area (Å²) in [5, 5.41) is 4.04. The molecule has 0 bridgehead atoms. The lowest BCUT2D eigenvalue weighted by Gasteiger charge is -2.36. The first-order chi connectivity index (χ1) is 10.3. The van der Waals surface area contributed by atoms with Crippen molar-refractivity contribution >= 4 is 17.3 Å². The zero-order valence-electron chi connectivity index (χ0n) is 13.2. The summed E-state index contributed by atoms with van der Waals surface area (Å²) < 4.78 is 0. The van der Waals surface area contributed by atoms with Gasteiger partial charge in [-0.25, -0.2) is 0 Å². The number of rotatable bonds is 8. The molecule has 1 aliphatic rings. The largest absolute Gasteiger partial charge is 0.369 e. The highest BCUT2D eigenvalue weighted by molar-refractivity contribution is 6.30. The minimum absolute atomic E-state index is 0.830. The second-order valence-electron chi connectivity index (χ2n) is 5.83. The summed E-state index contributed by atoms with van der Waals surface area (Å²) in [7, 11) is 2.03. The number of hydrogen-bond donors (Lipinski definition) is 1. The molecule has 1 aromatic rings. The monoisotopic (exact) mass is 309 g/mol. The number of benzene rings is 1. The topological polar surface area (TPSA) is 18.5 Å². The highest BCUT2D eigenvalue weighted by Gasteiger charge is 2.16. The summed E-state index contributed by atoms with van der Waals surface area (Å²) in [6.07, 6.45) is 5.35. The van der Waals surface area contributed by atoms with E-state index in [2.05, 4.69) is 27.2 Å². The van der Waals surface area contributed by atoms with Crippen LogP contribution < -0.4 is 10.2 Å². The second-order valence-corrected chi connectivity index (χ2v) is 6.26. The number of anilines is 1. The van der Waals surface area contributed by atoms with Gasteiger partial charge < -0.3 is 10.2 Å². The highest BCUT2D eigenvalue weighted by atomic mass is 35.5. The van der Waals surface area contributed by atoms with Crippen molar-refractivity contribution in [2.24, 2.45) is 0 Å². The van der Waals surface area contributed by atoms with Crippen LogP contribution in [0.4, 0.5) is 5.69 Å². The number of hydrogen-bond acceptors (Lipinski definition) is 3. The molecule has 1 fully saturated rings. The molecule has 118 valence electrons. The van der Waals surface area contributed by atoms with E-state index >= 15 is 0 Å². The Balaban J connectivity index is 1.62. The van der Waals surface area contributed by atoms with E-state index in [9.17, 15) is 0 Å². The first kappa shape index (κ1) is 16.6. The minimum Gasteiger partial charge on any atom is -0.369 e. The molecule has 0 unspecified atom stereocenters. The van der Waals surface area contributed by atoms with Crippen molar-refractivity contribution < 1.29 is 0 Å². The van der Waals surface area contributed by atoms with Crippen LogP contribution in [0.3, 0.4) is 0 Å². The molecule has 1 saturated heterocycles. The average Bonchev–Trinajstić information content (AvgIpc) is 2.51. The Morgan fingerprint density at radius 1 is 1.05 bits per heavy atom. The summed E-state index contributed by atoms with van der Waals surface area (Å²) in [5.41, 5.74) is 1.26. The fourth-order valence-corrected chi connectivity index (χ4v) is 3.08. The molecule has 2 rings (SSSR count). The van der Waals surface area contributed by atoms with Gasteiger partial charge in [-0.05, 0) is 51.2 Å². The van der Waals surface area contributed by atoms with Crippen molar-refractivity contribution in [3.63, 3.8) is 0 Å². The van der Waals surface area contributed by atoms with Gasteiger partial charge in [-0.15, -0.1) is 0 Å². The Kier molecular flexibility index (Phi) is 7.34. The van der Waals surface area contributed by atoms with Gasteiger partial charge in [0.25, 0.3) is 0 Å². The van der Waals surface area contributed by atoms with Gasteiger partial charge in [0.2, 0.25) is 0 Å². The number of nitrogens with one attached hydrogen (secondary N) is 1. The number of piperazine rings is 1. The molecule has 0 radical (unpaired) electrons.